The summed E-state index contributed by atoms with van der Waals surface area (Å²) in [6, 6.07) is 24.2. The highest BCUT2D eigenvalue weighted by Gasteiger charge is 2.42. The van der Waals surface area contributed by atoms with Gasteiger partial charge in [-0.25, -0.2) is 4.79 Å². The van der Waals surface area contributed by atoms with E-state index in [2.05, 4.69) is 44.4 Å². The zero-order valence-electron chi connectivity index (χ0n) is 20.5. The number of aromatic nitrogens is 1. The Morgan fingerprint density at radius 3 is 2.37 bits per heavy atom. The number of morpholine rings is 1. The summed E-state index contributed by atoms with van der Waals surface area (Å²) in [4.78, 5) is 20.2. The van der Waals surface area contributed by atoms with Crippen LogP contribution in [0, 0.1) is 0 Å². The van der Waals surface area contributed by atoms with Crippen molar-refractivity contribution < 1.29 is 19.1 Å². The highest BCUT2D eigenvalue weighted by atomic mass is 32.1. The van der Waals surface area contributed by atoms with Crippen molar-refractivity contribution in [1.29, 1.82) is 0 Å². The molecule has 0 bridgehead atoms. The molecule has 9 heteroatoms. The van der Waals surface area contributed by atoms with Gasteiger partial charge in [0, 0.05) is 36.2 Å². The van der Waals surface area contributed by atoms with E-state index in [-0.39, 0.29) is 17.6 Å². The minimum absolute atomic E-state index is 0.226. The van der Waals surface area contributed by atoms with Gasteiger partial charge in [-0.15, -0.1) is 0 Å². The summed E-state index contributed by atoms with van der Waals surface area (Å²) >= 11 is 5.84. The molecule has 8 nitrogen and oxygen atoms in total. The fourth-order valence-electron chi connectivity index (χ4n) is 5.01. The van der Waals surface area contributed by atoms with Gasteiger partial charge >= 0.3 is 5.97 Å². The molecule has 2 fully saturated rings. The number of carboxylic acids is 1. The number of hydrogen-bond acceptors (Lipinski definition) is 6. The molecule has 2 aliphatic heterocycles. The number of aromatic carboxylic acids is 1. The van der Waals surface area contributed by atoms with Gasteiger partial charge in [0.05, 0.1) is 30.5 Å². The van der Waals surface area contributed by atoms with Gasteiger partial charge in [-0.2, -0.15) is 0 Å². The number of benzene rings is 2. The Morgan fingerprint density at radius 2 is 1.68 bits per heavy atom. The van der Waals surface area contributed by atoms with Gasteiger partial charge in [-0.1, -0.05) is 18.2 Å². The van der Waals surface area contributed by atoms with Crippen LogP contribution in [0.5, 0.6) is 0 Å². The summed E-state index contributed by atoms with van der Waals surface area (Å²) in [6.45, 7) is 3.21. The minimum atomic E-state index is -0.962. The first-order valence-electron chi connectivity index (χ1n) is 12.5. The van der Waals surface area contributed by atoms with Crippen LogP contribution in [0.25, 0.3) is 11.3 Å². The highest BCUT2D eigenvalue weighted by Crippen LogP contribution is 2.43. The Labute approximate surface area is 225 Å². The lowest BCUT2D eigenvalue weighted by molar-refractivity contribution is 0.0697. The number of furan rings is 1. The van der Waals surface area contributed by atoms with Gasteiger partial charge in [0.25, 0.3) is 0 Å². The standard InChI is InChI=1S/C29H26N4O4S/c34-28(35)20-6-4-19(5-7-20)24-12-13-25(37-24)27-26(23-3-1-2-14-30-23)31-29(38)33(27)22-10-8-21(9-11-22)32-15-17-36-18-16-32/h1-14,26-27H,15-18H2,(H,31,38)(H,34,35)/t26-,27+/m1/s1. The van der Waals surface area contributed by atoms with Crippen LogP contribution in [0.2, 0.25) is 0 Å². The molecule has 0 spiro atoms. The number of carbonyl (C=O) groups is 1. The summed E-state index contributed by atoms with van der Waals surface area (Å²) in [5.41, 5.74) is 3.99. The average molecular weight is 527 g/mol. The van der Waals surface area contributed by atoms with E-state index in [4.69, 9.17) is 21.4 Å². The molecule has 0 radical (unpaired) electrons. The van der Waals surface area contributed by atoms with Crippen LogP contribution in [0.15, 0.2) is 89.5 Å². The number of hydrogen-bond donors (Lipinski definition) is 2. The molecule has 0 saturated carbocycles. The third kappa shape index (κ3) is 4.62. The number of anilines is 2. The molecule has 4 heterocycles. The SMILES string of the molecule is O=C(O)c1ccc(-c2ccc([C@H]3[C@@H](c4ccccn4)NC(=S)N3c3ccc(N4CCOCC4)cc3)o2)cc1. The van der Waals surface area contributed by atoms with Gasteiger partial charge in [0.15, 0.2) is 5.11 Å². The van der Waals surface area contributed by atoms with Crippen molar-refractivity contribution in [3.8, 4) is 11.3 Å². The molecule has 2 aromatic carbocycles. The quantitative estimate of drug-likeness (QED) is 0.335. The molecule has 6 rings (SSSR count). The van der Waals surface area contributed by atoms with Crippen molar-refractivity contribution >= 4 is 34.7 Å². The second kappa shape index (κ2) is 10.3. The molecule has 2 atom stereocenters. The molecular weight excluding hydrogens is 500 g/mol. The number of thiocarbonyl (C=S) groups is 1. The maximum absolute atomic E-state index is 11.2. The van der Waals surface area contributed by atoms with Crippen LogP contribution < -0.4 is 15.1 Å². The average Bonchev–Trinajstić information content (AvgIpc) is 3.59. The highest BCUT2D eigenvalue weighted by molar-refractivity contribution is 7.80. The van der Waals surface area contributed by atoms with Crippen molar-refractivity contribution in [2.24, 2.45) is 0 Å². The van der Waals surface area contributed by atoms with Crippen LogP contribution in [-0.2, 0) is 4.74 Å². The van der Waals surface area contributed by atoms with E-state index in [1.807, 2.05) is 30.3 Å². The number of rotatable bonds is 6. The summed E-state index contributed by atoms with van der Waals surface area (Å²) in [5.74, 6) is 0.412. The summed E-state index contributed by atoms with van der Waals surface area (Å²) in [7, 11) is 0. The molecule has 2 N–H and O–H groups in total. The van der Waals surface area contributed by atoms with E-state index in [1.54, 1.807) is 30.5 Å². The zero-order chi connectivity index (χ0) is 26.1. The predicted molar refractivity (Wildman–Crippen MR) is 149 cm³/mol. The van der Waals surface area contributed by atoms with Gasteiger partial charge < -0.3 is 29.4 Å². The predicted octanol–water partition coefficient (Wildman–Crippen LogP) is 5.05. The van der Waals surface area contributed by atoms with E-state index in [0.717, 1.165) is 54.7 Å². The molecule has 192 valence electrons. The fraction of sp³-hybridized carbons (Fsp3) is 0.207. The summed E-state index contributed by atoms with van der Waals surface area (Å²) in [6.07, 6.45) is 1.77. The first kappa shape index (κ1) is 24.1. The molecule has 0 amide bonds. The maximum Gasteiger partial charge on any atom is 0.335 e. The molecule has 2 saturated heterocycles. The van der Waals surface area contributed by atoms with E-state index in [9.17, 15) is 9.90 Å². The number of ether oxygens (including phenoxy) is 1. The first-order chi connectivity index (χ1) is 18.6. The fourth-order valence-corrected chi connectivity index (χ4v) is 5.36. The number of nitrogens with one attached hydrogen (secondary N) is 1. The van der Waals surface area contributed by atoms with Crippen LogP contribution in [0.1, 0.15) is 33.9 Å². The topological polar surface area (TPSA) is 91.1 Å². The third-order valence-corrected chi connectivity index (χ3v) is 7.25. The Balaban J connectivity index is 1.35. The van der Waals surface area contributed by atoms with Crippen LogP contribution in [-0.4, -0.2) is 47.5 Å². The second-order valence-electron chi connectivity index (χ2n) is 9.20. The van der Waals surface area contributed by atoms with E-state index >= 15 is 0 Å². The van der Waals surface area contributed by atoms with E-state index in [0.29, 0.717) is 10.9 Å². The minimum Gasteiger partial charge on any atom is -0.478 e. The Kier molecular flexibility index (Phi) is 6.53. The lowest BCUT2D eigenvalue weighted by Crippen LogP contribution is -2.36. The molecule has 2 aliphatic rings. The van der Waals surface area contributed by atoms with Crippen LogP contribution >= 0.6 is 12.2 Å². The van der Waals surface area contributed by atoms with Crippen LogP contribution in [0.4, 0.5) is 11.4 Å². The molecule has 4 aromatic rings. The maximum atomic E-state index is 11.2. The Morgan fingerprint density at radius 1 is 0.947 bits per heavy atom. The van der Waals surface area contributed by atoms with E-state index < -0.39 is 5.97 Å². The summed E-state index contributed by atoms with van der Waals surface area (Å²) < 4.78 is 11.9. The largest absolute Gasteiger partial charge is 0.478 e. The molecular formula is C29H26N4O4S. The summed E-state index contributed by atoms with van der Waals surface area (Å²) in [5, 5.41) is 13.3. The van der Waals surface area contributed by atoms with Gasteiger partial charge in [0.2, 0.25) is 0 Å². The van der Waals surface area contributed by atoms with Crippen molar-refractivity contribution in [2.45, 2.75) is 12.1 Å². The Hall–Kier alpha value is -4.21. The zero-order valence-corrected chi connectivity index (χ0v) is 21.3. The number of carboxylic acid groups (broad SMARTS) is 1. The normalized spacial score (nSPS) is 19.4. The number of nitrogens with zero attached hydrogens (tertiary/aromatic N) is 3. The van der Waals surface area contributed by atoms with Crippen molar-refractivity contribution in [1.82, 2.24) is 10.3 Å². The molecule has 0 unspecified atom stereocenters. The van der Waals surface area contributed by atoms with Gasteiger partial charge in [0.1, 0.15) is 17.6 Å². The Bertz CT molecular complexity index is 1430. The lowest BCUT2D eigenvalue weighted by atomic mass is 10.0. The van der Waals surface area contributed by atoms with Crippen molar-refractivity contribution in [3.05, 3.63) is 102 Å². The molecule has 2 aromatic heterocycles. The van der Waals surface area contributed by atoms with Crippen LogP contribution in [0.3, 0.4) is 0 Å². The van der Waals surface area contributed by atoms with Crippen molar-refractivity contribution in [2.75, 3.05) is 36.1 Å². The monoisotopic (exact) mass is 526 g/mol. The second-order valence-corrected chi connectivity index (χ2v) is 9.58. The molecule has 38 heavy (non-hydrogen) atoms. The van der Waals surface area contributed by atoms with E-state index in [1.165, 1.54) is 0 Å². The van der Waals surface area contributed by atoms with Gasteiger partial charge in [-0.3, -0.25) is 4.98 Å². The first-order valence-corrected chi connectivity index (χ1v) is 12.9. The third-order valence-electron chi connectivity index (χ3n) is 6.94. The van der Waals surface area contributed by atoms with Crippen molar-refractivity contribution in [3.63, 3.8) is 0 Å². The lowest BCUT2D eigenvalue weighted by Gasteiger charge is -2.30. The van der Waals surface area contributed by atoms with Gasteiger partial charge in [-0.05, 0) is 72.9 Å². The molecule has 0 aliphatic carbocycles. The smallest absolute Gasteiger partial charge is 0.335 e. The number of pyridine rings is 1.